The number of nitrogens with zero attached hydrogens (tertiary/aromatic N) is 1. The van der Waals surface area contributed by atoms with Gasteiger partial charge < -0.3 is 10.1 Å². The first-order chi connectivity index (χ1) is 7.66. The normalized spacial score (nSPS) is 11.0. The first-order valence-corrected chi connectivity index (χ1v) is 4.55. The van der Waals surface area contributed by atoms with Crippen molar-refractivity contribution in [2.45, 2.75) is 0 Å². The van der Waals surface area contributed by atoms with Crippen molar-refractivity contribution >= 4 is 22.9 Å². The Morgan fingerprint density at radius 2 is 2.25 bits per heavy atom. The van der Waals surface area contributed by atoms with E-state index in [1.54, 1.807) is 18.2 Å². The number of rotatable bonds is 2. The molecule has 5 heteroatoms. The number of carboxylic acids is 1. The Morgan fingerprint density at radius 3 is 3.00 bits per heavy atom. The lowest BCUT2D eigenvalue weighted by Gasteiger charge is -1.96. The average Bonchev–Trinajstić information content (AvgIpc) is 2.27. The molecule has 0 aliphatic heterocycles. The number of benzene rings is 1. The number of aromatic nitrogens is 2. The van der Waals surface area contributed by atoms with E-state index in [0.717, 1.165) is 6.08 Å². The van der Waals surface area contributed by atoms with Gasteiger partial charge in [-0.3, -0.25) is 4.79 Å². The summed E-state index contributed by atoms with van der Waals surface area (Å²) in [5.74, 6) is -1.03. The number of fused-ring (bicyclic) bond motifs is 1. The average molecular weight is 216 g/mol. The van der Waals surface area contributed by atoms with Crippen LogP contribution in [0.5, 0.6) is 0 Å². The van der Waals surface area contributed by atoms with Gasteiger partial charge in [0.2, 0.25) is 0 Å². The molecule has 2 rings (SSSR count). The molecule has 80 valence electrons. The molecule has 0 spiro atoms. The maximum Gasteiger partial charge on any atom is 0.328 e. The second-order valence-corrected chi connectivity index (χ2v) is 3.18. The number of hydrogen-bond donors (Lipinski definition) is 2. The van der Waals surface area contributed by atoms with E-state index < -0.39 is 5.97 Å². The largest absolute Gasteiger partial charge is 0.478 e. The minimum atomic E-state index is -1.03. The molecule has 0 aliphatic rings. The van der Waals surface area contributed by atoms with Gasteiger partial charge in [0.05, 0.1) is 17.2 Å². The molecule has 5 nitrogen and oxygen atoms in total. The Kier molecular flexibility index (Phi) is 2.51. The highest BCUT2D eigenvalue weighted by molar-refractivity contribution is 5.87. The SMILES string of the molecule is O=C(O)C=Cc1ccc2nc[nH]c(=O)c2c1. The van der Waals surface area contributed by atoms with Crippen molar-refractivity contribution in [3.63, 3.8) is 0 Å². The highest BCUT2D eigenvalue weighted by Crippen LogP contribution is 2.10. The molecule has 2 aromatic rings. The number of H-pyrrole nitrogens is 1. The molecule has 0 radical (unpaired) electrons. The quantitative estimate of drug-likeness (QED) is 0.734. The van der Waals surface area contributed by atoms with Crippen molar-refractivity contribution in [1.82, 2.24) is 9.97 Å². The van der Waals surface area contributed by atoms with Crippen molar-refractivity contribution in [2.75, 3.05) is 0 Å². The maximum atomic E-state index is 11.4. The van der Waals surface area contributed by atoms with Crippen molar-refractivity contribution in [2.24, 2.45) is 0 Å². The van der Waals surface area contributed by atoms with Gasteiger partial charge in [0.1, 0.15) is 0 Å². The molecular weight excluding hydrogens is 208 g/mol. The molecule has 1 aromatic carbocycles. The fourth-order valence-electron chi connectivity index (χ4n) is 1.36. The summed E-state index contributed by atoms with van der Waals surface area (Å²) < 4.78 is 0. The summed E-state index contributed by atoms with van der Waals surface area (Å²) in [5.41, 5.74) is 0.986. The lowest BCUT2D eigenvalue weighted by molar-refractivity contribution is -0.131. The fourth-order valence-corrected chi connectivity index (χ4v) is 1.36. The lowest BCUT2D eigenvalue weighted by atomic mass is 10.1. The van der Waals surface area contributed by atoms with Crippen LogP contribution in [0.1, 0.15) is 5.56 Å². The summed E-state index contributed by atoms with van der Waals surface area (Å²) in [6.45, 7) is 0. The van der Waals surface area contributed by atoms with Gasteiger partial charge in [0, 0.05) is 6.08 Å². The van der Waals surface area contributed by atoms with Crippen LogP contribution < -0.4 is 5.56 Å². The van der Waals surface area contributed by atoms with E-state index in [1.165, 1.54) is 12.4 Å². The van der Waals surface area contributed by atoms with Crippen molar-refractivity contribution < 1.29 is 9.90 Å². The number of hydrogen-bond acceptors (Lipinski definition) is 3. The zero-order valence-electron chi connectivity index (χ0n) is 8.18. The minimum absolute atomic E-state index is 0.240. The third kappa shape index (κ3) is 1.98. The highest BCUT2D eigenvalue weighted by atomic mass is 16.4. The van der Waals surface area contributed by atoms with Crippen LogP contribution in [-0.2, 0) is 4.79 Å². The summed E-state index contributed by atoms with van der Waals surface area (Å²) in [6.07, 6.45) is 3.78. The Balaban J connectivity index is 2.55. The molecule has 16 heavy (non-hydrogen) atoms. The lowest BCUT2D eigenvalue weighted by Crippen LogP contribution is -2.05. The second-order valence-electron chi connectivity index (χ2n) is 3.18. The Morgan fingerprint density at radius 1 is 1.44 bits per heavy atom. The van der Waals surface area contributed by atoms with E-state index in [-0.39, 0.29) is 5.56 Å². The molecule has 0 amide bonds. The molecule has 1 aromatic heterocycles. The maximum absolute atomic E-state index is 11.4. The molecular formula is C11H8N2O3. The van der Waals surface area contributed by atoms with Crippen LogP contribution >= 0.6 is 0 Å². The number of aliphatic carboxylic acids is 1. The summed E-state index contributed by atoms with van der Waals surface area (Å²) in [4.78, 5) is 28.2. The van der Waals surface area contributed by atoms with Crippen LogP contribution in [0.2, 0.25) is 0 Å². The Labute approximate surface area is 90.1 Å². The number of aromatic amines is 1. The zero-order chi connectivity index (χ0) is 11.5. The van der Waals surface area contributed by atoms with Crippen LogP contribution in [0.3, 0.4) is 0 Å². The van der Waals surface area contributed by atoms with E-state index in [9.17, 15) is 9.59 Å². The van der Waals surface area contributed by atoms with Crippen molar-refractivity contribution in [3.8, 4) is 0 Å². The predicted octanol–water partition coefficient (Wildman–Crippen LogP) is 1.02. The monoisotopic (exact) mass is 216 g/mol. The van der Waals surface area contributed by atoms with Gasteiger partial charge in [0.25, 0.3) is 5.56 Å². The topological polar surface area (TPSA) is 83.0 Å². The van der Waals surface area contributed by atoms with Gasteiger partial charge in [-0.2, -0.15) is 0 Å². The standard InChI is InChI=1S/C11H8N2O3/c14-10(15)4-2-7-1-3-9-8(5-7)11(16)13-6-12-9/h1-6H,(H,14,15)(H,12,13,16). The van der Waals surface area contributed by atoms with Gasteiger partial charge in [-0.15, -0.1) is 0 Å². The summed E-state index contributed by atoms with van der Waals surface area (Å²) in [6, 6.07) is 4.97. The fraction of sp³-hybridized carbons (Fsp3) is 0. The van der Waals surface area contributed by atoms with E-state index >= 15 is 0 Å². The van der Waals surface area contributed by atoms with E-state index in [4.69, 9.17) is 5.11 Å². The molecule has 0 saturated heterocycles. The smallest absolute Gasteiger partial charge is 0.328 e. The van der Waals surface area contributed by atoms with Crippen LogP contribution in [-0.4, -0.2) is 21.0 Å². The molecule has 0 bridgehead atoms. The Hall–Kier alpha value is -2.43. The van der Waals surface area contributed by atoms with Gasteiger partial charge >= 0.3 is 5.97 Å². The molecule has 0 fully saturated rings. The van der Waals surface area contributed by atoms with Gasteiger partial charge in [-0.05, 0) is 23.8 Å². The third-order valence-corrected chi connectivity index (χ3v) is 2.08. The third-order valence-electron chi connectivity index (χ3n) is 2.08. The molecule has 0 saturated carbocycles. The van der Waals surface area contributed by atoms with Crippen LogP contribution in [0.25, 0.3) is 17.0 Å². The van der Waals surface area contributed by atoms with Crippen molar-refractivity contribution in [1.29, 1.82) is 0 Å². The molecule has 1 heterocycles. The molecule has 0 aliphatic carbocycles. The van der Waals surface area contributed by atoms with E-state index in [2.05, 4.69) is 9.97 Å². The van der Waals surface area contributed by atoms with Gasteiger partial charge in [-0.1, -0.05) is 6.07 Å². The van der Waals surface area contributed by atoms with Crippen LogP contribution in [0.15, 0.2) is 35.4 Å². The molecule has 0 atom stereocenters. The first kappa shape index (κ1) is 10.1. The Bertz CT molecular complexity index is 628. The molecule has 0 unspecified atom stereocenters. The van der Waals surface area contributed by atoms with Crippen LogP contribution in [0.4, 0.5) is 0 Å². The number of carbonyl (C=O) groups is 1. The number of carboxylic acid groups (broad SMARTS) is 1. The summed E-state index contributed by atoms with van der Waals surface area (Å²) in [5, 5.41) is 8.92. The van der Waals surface area contributed by atoms with Gasteiger partial charge in [0.15, 0.2) is 0 Å². The van der Waals surface area contributed by atoms with Crippen LogP contribution in [0, 0.1) is 0 Å². The molecule has 2 N–H and O–H groups in total. The minimum Gasteiger partial charge on any atom is -0.478 e. The summed E-state index contributed by atoms with van der Waals surface area (Å²) >= 11 is 0. The second kappa shape index (κ2) is 3.98. The van der Waals surface area contributed by atoms with Crippen molar-refractivity contribution in [3.05, 3.63) is 46.5 Å². The van der Waals surface area contributed by atoms with Gasteiger partial charge in [-0.25, -0.2) is 9.78 Å². The predicted molar refractivity (Wildman–Crippen MR) is 59.0 cm³/mol. The van der Waals surface area contributed by atoms with E-state index in [1.807, 2.05) is 0 Å². The van der Waals surface area contributed by atoms with E-state index in [0.29, 0.717) is 16.5 Å². The number of nitrogens with one attached hydrogen (secondary N) is 1. The zero-order valence-corrected chi connectivity index (χ0v) is 8.18. The first-order valence-electron chi connectivity index (χ1n) is 4.55. The highest BCUT2D eigenvalue weighted by Gasteiger charge is 1.99. The summed E-state index contributed by atoms with van der Waals surface area (Å²) in [7, 11) is 0.